The normalized spacial score (nSPS) is 18.1. The van der Waals surface area contributed by atoms with Gasteiger partial charge in [-0.05, 0) is 82.0 Å². The lowest BCUT2D eigenvalue weighted by atomic mass is 9.91. The van der Waals surface area contributed by atoms with Crippen LogP contribution in [0.5, 0.6) is 0 Å². The summed E-state index contributed by atoms with van der Waals surface area (Å²) >= 11 is 0. The summed E-state index contributed by atoms with van der Waals surface area (Å²) in [6.07, 6.45) is 13.0. The standard InChI is InChI=1S/C21H30N4.C7H14/c1-6-22-17(3)16(2)18(4)23-19(5)24-20-10-12-21(13-11-20)25-14-8-7-9-15-25;1-7-5-3-2-4-6-7/h6,10-13,22H,1,3,7-9,14-15H2,2,4-5H3,(H,23,24);7H,2-6H2,1H3/b18-16-;. The number of benzene rings is 1. The third-order valence-corrected chi connectivity index (χ3v) is 6.41. The lowest BCUT2D eigenvalue weighted by Gasteiger charge is -2.28. The van der Waals surface area contributed by atoms with Gasteiger partial charge in [0.2, 0.25) is 0 Å². The Morgan fingerprint density at radius 1 is 0.969 bits per heavy atom. The van der Waals surface area contributed by atoms with Crippen LogP contribution in [-0.2, 0) is 0 Å². The maximum atomic E-state index is 4.63. The van der Waals surface area contributed by atoms with Gasteiger partial charge >= 0.3 is 0 Å². The van der Waals surface area contributed by atoms with E-state index >= 15 is 0 Å². The zero-order valence-corrected chi connectivity index (χ0v) is 20.8. The SMILES string of the molecule is C=CNC(=C)/C(C)=C(/C)N=C(C)Nc1ccc(N2CCCCC2)cc1.CC1CCCCC1. The summed E-state index contributed by atoms with van der Waals surface area (Å²) in [6.45, 7) is 18.3. The molecule has 4 heteroatoms. The Hall–Kier alpha value is -2.49. The van der Waals surface area contributed by atoms with Crippen LogP contribution in [0.15, 0.2) is 65.6 Å². The van der Waals surface area contributed by atoms with Gasteiger partial charge in [0.1, 0.15) is 5.84 Å². The molecule has 0 spiro atoms. The van der Waals surface area contributed by atoms with Crippen molar-refractivity contribution in [2.45, 2.75) is 79.1 Å². The molecule has 0 aromatic heterocycles. The Labute approximate surface area is 196 Å². The molecule has 0 amide bonds. The topological polar surface area (TPSA) is 39.7 Å². The zero-order chi connectivity index (χ0) is 23.3. The molecule has 0 unspecified atom stereocenters. The van der Waals surface area contributed by atoms with Gasteiger partial charge in [-0.25, -0.2) is 4.99 Å². The highest BCUT2D eigenvalue weighted by Gasteiger charge is 2.10. The summed E-state index contributed by atoms with van der Waals surface area (Å²) < 4.78 is 0. The largest absolute Gasteiger partial charge is 0.372 e. The molecule has 2 aliphatic rings. The molecule has 0 radical (unpaired) electrons. The number of allylic oxidation sites excluding steroid dienone is 2. The molecule has 1 saturated carbocycles. The van der Waals surface area contributed by atoms with Crippen LogP contribution in [0.3, 0.4) is 0 Å². The maximum Gasteiger partial charge on any atom is 0.103 e. The van der Waals surface area contributed by atoms with Crippen molar-refractivity contribution < 1.29 is 0 Å². The molecule has 0 bridgehead atoms. The lowest BCUT2D eigenvalue weighted by Crippen LogP contribution is -2.29. The molecule has 2 fully saturated rings. The summed E-state index contributed by atoms with van der Waals surface area (Å²) in [5, 5.41) is 6.36. The molecule has 1 aliphatic heterocycles. The molecule has 3 rings (SSSR count). The minimum absolute atomic E-state index is 0.815. The number of rotatable bonds is 6. The monoisotopic (exact) mass is 436 g/mol. The molecular formula is C28H44N4. The van der Waals surface area contributed by atoms with Gasteiger partial charge in [0, 0.05) is 35.9 Å². The van der Waals surface area contributed by atoms with E-state index in [1.165, 1.54) is 70.1 Å². The number of aliphatic imine (C=N–C) groups is 1. The quantitative estimate of drug-likeness (QED) is 0.273. The van der Waals surface area contributed by atoms with E-state index in [0.29, 0.717) is 0 Å². The van der Waals surface area contributed by atoms with E-state index in [0.717, 1.165) is 34.4 Å². The van der Waals surface area contributed by atoms with Crippen LogP contribution in [0.2, 0.25) is 0 Å². The fourth-order valence-electron chi connectivity index (χ4n) is 4.24. The summed E-state index contributed by atoms with van der Waals surface area (Å²) in [7, 11) is 0. The van der Waals surface area contributed by atoms with Crippen molar-refractivity contribution in [1.82, 2.24) is 5.32 Å². The van der Waals surface area contributed by atoms with Gasteiger partial charge in [-0.1, -0.05) is 52.2 Å². The minimum Gasteiger partial charge on any atom is -0.372 e. The third kappa shape index (κ3) is 8.94. The number of anilines is 2. The van der Waals surface area contributed by atoms with Gasteiger partial charge in [0.15, 0.2) is 0 Å². The van der Waals surface area contributed by atoms with Crippen LogP contribution in [0.25, 0.3) is 0 Å². The van der Waals surface area contributed by atoms with Gasteiger partial charge in [-0.2, -0.15) is 0 Å². The second kappa shape index (κ2) is 13.8. The Morgan fingerprint density at radius 2 is 1.56 bits per heavy atom. The van der Waals surface area contributed by atoms with Crippen LogP contribution < -0.4 is 15.5 Å². The number of amidine groups is 1. The number of nitrogens with one attached hydrogen (secondary N) is 2. The van der Waals surface area contributed by atoms with Crippen LogP contribution in [0.4, 0.5) is 11.4 Å². The van der Waals surface area contributed by atoms with E-state index in [1.807, 2.05) is 20.8 Å². The lowest BCUT2D eigenvalue weighted by molar-refractivity contribution is 0.385. The van der Waals surface area contributed by atoms with Crippen molar-refractivity contribution in [3.05, 3.63) is 60.6 Å². The highest BCUT2D eigenvalue weighted by Crippen LogP contribution is 2.23. The molecule has 32 heavy (non-hydrogen) atoms. The minimum atomic E-state index is 0.815. The summed E-state index contributed by atoms with van der Waals surface area (Å²) in [5.41, 5.74) is 5.11. The molecular weight excluding hydrogens is 392 g/mol. The Kier molecular flexibility index (Phi) is 11.1. The van der Waals surface area contributed by atoms with E-state index in [2.05, 4.69) is 64.9 Å². The predicted octanol–water partition coefficient (Wildman–Crippen LogP) is 7.63. The van der Waals surface area contributed by atoms with Crippen molar-refractivity contribution in [1.29, 1.82) is 0 Å². The van der Waals surface area contributed by atoms with Crippen LogP contribution in [0, 0.1) is 5.92 Å². The average molecular weight is 437 g/mol. The van der Waals surface area contributed by atoms with Gasteiger partial charge in [0.25, 0.3) is 0 Å². The number of hydrogen-bond acceptors (Lipinski definition) is 3. The van der Waals surface area contributed by atoms with Crippen molar-refractivity contribution >= 4 is 17.2 Å². The van der Waals surface area contributed by atoms with Gasteiger partial charge in [-0.15, -0.1) is 0 Å². The first kappa shape index (κ1) is 25.8. The van der Waals surface area contributed by atoms with Crippen molar-refractivity contribution in [3.63, 3.8) is 0 Å². The summed E-state index contributed by atoms with van der Waals surface area (Å²) in [5.74, 6) is 1.89. The van der Waals surface area contributed by atoms with Crippen LogP contribution in [-0.4, -0.2) is 18.9 Å². The van der Waals surface area contributed by atoms with E-state index in [9.17, 15) is 0 Å². The fourth-order valence-corrected chi connectivity index (χ4v) is 4.24. The highest BCUT2D eigenvalue weighted by molar-refractivity contribution is 5.94. The number of hydrogen-bond donors (Lipinski definition) is 2. The molecule has 1 saturated heterocycles. The average Bonchev–Trinajstić information content (AvgIpc) is 2.80. The van der Waals surface area contributed by atoms with Crippen LogP contribution >= 0.6 is 0 Å². The molecule has 1 aromatic rings. The Balaban J connectivity index is 0.000000439. The maximum absolute atomic E-state index is 4.63. The molecule has 1 aliphatic carbocycles. The van der Waals surface area contributed by atoms with E-state index in [1.54, 1.807) is 6.20 Å². The van der Waals surface area contributed by atoms with E-state index < -0.39 is 0 Å². The smallest absolute Gasteiger partial charge is 0.103 e. The summed E-state index contributed by atoms with van der Waals surface area (Å²) in [6, 6.07) is 8.61. The van der Waals surface area contributed by atoms with E-state index in [4.69, 9.17) is 0 Å². The molecule has 1 aromatic carbocycles. The van der Waals surface area contributed by atoms with Gasteiger partial charge < -0.3 is 15.5 Å². The van der Waals surface area contributed by atoms with Gasteiger partial charge in [-0.3, -0.25) is 0 Å². The number of nitrogens with zero attached hydrogens (tertiary/aromatic N) is 2. The molecule has 0 atom stereocenters. The molecule has 1 heterocycles. The molecule has 2 N–H and O–H groups in total. The first-order valence-corrected chi connectivity index (χ1v) is 12.3. The first-order chi connectivity index (χ1) is 15.4. The highest BCUT2D eigenvalue weighted by atomic mass is 15.1. The van der Waals surface area contributed by atoms with E-state index in [-0.39, 0.29) is 0 Å². The number of piperidine rings is 1. The third-order valence-electron chi connectivity index (χ3n) is 6.41. The second-order valence-corrected chi connectivity index (χ2v) is 9.20. The molecule has 4 nitrogen and oxygen atoms in total. The van der Waals surface area contributed by atoms with Gasteiger partial charge in [0.05, 0.1) is 0 Å². The molecule has 176 valence electrons. The first-order valence-electron chi connectivity index (χ1n) is 12.3. The predicted molar refractivity (Wildman–Crippen MR) is 142 cm³/mol. The van der Waals surface area contributed by atoms with Crippen molar-refractivity contribution in [2.75, 3.05) is 23.3 Å². The zero-order valence-electron chi connectivity index (χ0n) is 20.8. The van der Waals surface area contributed by atoms with Crippen LogP contribution in [0.1, 0.15) is 79.1 Å². The second-order valence-electron chi connectivity index (χ2n) is 9.20. The van der Waals surface area contributed by atoms with Crippen molar-refractivity contribution in [2.24, 2.45) is 10.9 Å². The Morgan fingerprint density at radius 3 is 2.09 bits per heavy atom. The summed E-state index contributed by atoms with van der Waals surface area (Å²) in [4.78, 5) is 7.09. The van der Waals surface area contributed by atoms with Crippen molar-refractivity contribution in [3.8, 4) is 0 Å². The fraction of sp³-hybridized carbons (Fsp3) is 0.536. The Bertz CT molecular complexity index is 776.